The molecule has 0 saturated heterocycles. The molecule has 0 radical (unpaired) electrons. The summed E-state index contributed by atoms with van der Waals surface area (Å²) in [7, 11) is 0. The van der Waals surface area contributed by atoms with E-state index in [4.69, 9.17) is 5.41 Å². The van der Waals surface area contributed by atoms with E-state index in [1.165, 1.54) is 0 Å². The number of azo groups is 1. The smallest absolute Gasteiger partial charge is 0.195 e. The number of amidine groups is 1. The van der Waals surface area contributed by atoms with Gasteiger partial charge in [0.05, 0.1) is 5.71 Å². The lowest BCUT2D eigenvalue weighted by molar-refractivity contribution is 1.17. The summed E-state index contributed by atoms with van der Waals surface area (Å²) in [4.78, 5) is 7.93. The fourth-order valence-corrected chi connectivity index (χ4v) is 1.06. The van der Waals surface area contributed by atoms with Gasteiger partial charge in [-0.15, -0.1) is 10.2 Å². The van der Waals surface area contributed by atoms with Gasteiger partial charge in [-0.2, -0.15) is 0 Å². The van der Waals surface area contributed by atoms with Crippen molar-refractivity contribution >= 4 is 17.4 Å². The minimum absolute atomic E-state index is 0.350. The number of nitrogens with one attached hydrogen (secondary N) is 1. The Labute approximate surface area is 86.8 Å². The Morgan fingerprint density at radius 2 is 2.20 bits per heavy atom. The van der Waals surface area contributed by atoms with Gasteiger partial charge in [-0.3, -0.25) is 0 Å². The molecule has 0 bridgehead atoms. The maximum absolute atomic E-state index is 7.56. The summed E-state index contributed by atoms with van der Waals surface area (Å²) in [6.45, 7) is 0. The van der Waals surface area contributed by atoms with E-state index < -0.39 is 0 Å². The van der Waals surface area contributed by atoms with Gasteiger partial charge in [0.1, 0.15) is 0 Å². The van der Waals surface area contributed by atoms with Crippen LogP contribution in [0.3, 0.4) is 0 Å². The predicted octanol–water partition coefficient (Wildman–Crippen LogP) is 2.50. The highest BCUT2D eigenvalue weighted by molar-refractivity contribution is 6.41. The molecule has 0 atom stereocenters. The number of hydrogen-bond donors (Lipinski definition) is 1. The maximum atomic E-state index is 7.56. The Balaban J connectivity index is 2.15. The molecule has 2 rings (SSSR count). The molecule has 0 amide bonds. The van der Waals surface area contributed by atoms with Crippen molar-refractivity contribution in [2.75, 3.05) is 0 Å². The summed E-state index contributed by atoms with van der Waals surface area (Å²) in [5.74, 6) is 0.866. The highest BCUT2D eigenvalue weighted by Gasteiger charge is 2.06. The SMILES string of the molecule is N=C1CC=CN=C1N=Nc1ccccn1. The third-order valence-electron chi connectivity index (χ3n) is 1.79. The van der Waals surface area contributed by atoms with E-state index in [-0.39, 0.29) is 0 Å². The van der Waals surface area contributed by atoms with E-state index >= 15 is 0 Å². The second-order valence-corrected chi connectivity index (χ2v) is 2.91. The van der Waals surface area contributed by atoms with Crippen LogP contribution in [0.15, 0.2) is 51.9 Å². The number of aliphatic imine (C=N–C) groups is 1. The molecule has 5 heteroatoms. The van der Waals surface area contributed by atoms with E-state index in [0.29, 0.717) is 23.8 Å². The zero-order chi connectivity index (χ0) is 10.5. The van der Waals surface area contributed by atoms with Crippen LogP contribution in [-0.2, 0) is 0 Å². The normalized spacial score (nSPS) is 15.7. The van der Waals surface area contributed by atoms with Crippen molar-refractivity contribution in [3.05, 3.63) is 36.7 Å². The average molecular weight is 199 g/mol. The van der Waals surface area contributed by atoms with Crippen molar-refractivity contribution in [1.82, 2.24) is 4.98 Å². The molecule has 1 N–H and O–H groups in total. The first kappa shape index (κ1) is 9.39. The molecule has 1 aromatic rings. The standard InChI is InChI=1S/C10H9N5/c11-8-4-3-7-13-10(8)15-14-9-5-1-2-6-12-9/h1-3,5-7,11H,4H2. The molecule has 1 aromatic heterocycles. The van der Waals surface area contributed by atoms with Gasteiger partial charge in [-0.05, 0) is 12.1 Å². The summed E-state index contributed by atoms with van der Waals surface area (Å²) < 4.78 is 0. The first-order valence-corrected chi connectivity index (χ1v) is 4.49. The van der Waals surface area contributed by atoms with Crippen LogP contribution in [0.4, 0.5) is 5.82 Å². The van der Waals surface area contributed by atoms with Gasteiger partial charge in [0.25, 0.3) is 0 Å². The van der Waals surface area contributed by atoms with Crippen LogP contribution in [0.25, 0.3) is 0 Å². The van der Waals surface area contributed by atoms with Gasteiger partial charge < -0.3 is 5.41 Å². The lowest BCUT2D eigenvalue weighted by Gasteiger charge is -2.01. The molecule has 1 aliphatic heterocycles. The second-order valence-electron chi connectivity index (χ2n) is 2.91. The molecule has 0 aliphatic carbocycles. The Bertz CT molecular complexity index is 444. The van der Waals surface area contributed by atoms with Crippen LogP contribution in [0.5, 0.6) is 0 Å². The third kappa shape index (κ3) is 2.40. The van der Waals surface area contributed by atoms with Crippen molar-refractivity contribution in [3.63, 3.8) is 0 Å². The summed E-state index contributed by atoms with van der Waals surface area (Å²) in [6, 6.07) is 5.38. The van der Waals surface area contributed by atoms with Gasteiger partial charge in [0, 0.05) is 18.8 Å². The van der Waals surface area contributed by atoms with Crippen molar-refractivity contribution in [3.8, 4) is 0 Å². The highest BCUT2D eigenvalue weighted by Crippen LogP contribution is 2.08. The molecule has 2 heterocycles. The molecular formula is C10H9N5. The summed E-state index contributed by atoms with van der Waals surface area (Å²) in [6.07, 6.45) is 5.63. The molecule has 0 saturated carbocycles. The van der Waals surface area contributed by atoms with Crippen molar-refractivity contribution in [2.45, 2.75) is 6.42 Å². The molecule has 0 unspecified atom stereocenters. The largest absolute Gasteiger partial charge is 0.301 e. The fraction of sp³-hybridized carbons (Fsp3) is 0.100. The molecule has 0 aromatic carbocycles. The van der Waals surface area contributed by atoms with Gasteiger partial charge in [-0.25, -0.2) is 9.98 Å². The number of nitrogens with zero attached hydrogens (tertiary/aromatic N) is 4. The molecule has 1 aliphatic rings. The molecule has 0 fully saturated rings. The van der Waals surface area contributed by atoms with Gasteiger partial charge >= 0.3 is 0 Å². The number of pyridine rings is 1. The summed E-state index contributed by atoms with van der Waals surface area (Å²) in [5.41, 5.74) is 0.372. The number of rotatable bonds is 1. The minimum Gasteiger partial charge on any atom is -0.301 e. The predicted molar refractivity (Wildman–Crippen MR) is 57.7 cm³/mol. The van der Waals surface area contributed by atoms with Crippen molar-refractivity contribution < 1.29 is 0 Å². The van der Waals surface area contributed by atoms with Crippen molar-refractivity contribution in [2.24, 2.45) is 15.2 Å². The number of aromatic nitrogens is 1. The molecular weight excluding hydrogens is 190 g/mol. The van der Waals surface area contributed by atoms with Crippen LogP contribution in [0, 0.1) is 5.41 Å². The minimum atomic E-state index is 0.350. The van der Waals surface area contributed by atoms with Gasteiger partial charge in [-0.1, -0.05) is 12.1 Å². The van der Waals surface area contributed by atoms with E-state index in [1.807, 2.05) is 18.2 Å². The van der Waals surface area contributed by atoms with Crippen LogP contribution in [-0.4, -0.2) is 16.5 Å². The molecule has 0 spiro atoms. The van der Waals surface area contributed by atoms with Crippen LogP contribution in [0.1, 0.15) is 6.42 Å². The molecule has 74 valence electrons. The highest BCUT2D eigenvalue weighted by atomic mass is 15.2. The van der Waals surface area contributed by atoms with Crippen LogP contribution in [0.2, 0.25) is 0 Å². The zero-order valence-corrected chi connectivity index (χ0v) is 7.96. The Hall–Kier alpha value is -2.17. The topological polar surface area (TPSA) is 73.8 Å². The van der Waals surface area contributed by atoms with E-state index in [2.05, 4.69) is 20.2 Å². The average Bonchev–Trinajstić information content (AvgIpc) is 2.29. The zero-order valence-electron chi connectivity index (χ0n) is 7.96. The summed E-state index contributed by atoms with van der Waals surface area (Å²) in [5, 5.41) is 15.3. The number of hydrogen-bond acceptors (Lipinski definition) is 5. The Kier molecular flexibility index (Phi) is 2.73. The van der Waals surface area contributed by atoms with Gasteiger partial charge in [0.2, 0.25) is 0 Å². The fourth-order valence-electron chi connectivity index (χ4n) is 1.06. The Morgan fingerprint density at radius 3 is 2.93 bits per heavy atom. The van der Waals surface area contributed by atoms with Crippen molar-refractivity contribution in [1.29, 1.82) is 5.41 Å². The lowest BCUT2D eigenvalue weighted by atomic mass is 10.2. The number of allylic oxidation sites excluding steroid dienone is 1. The van der Waals surface area contributed by atoms with Crippen LogP contribution >= 0.6 is 0 Å². The quantitative estimate of drug-likeness (QED) is 0.693. The first-order chi connectivity index (χ1) is 7.36. The summed E-state index contributed by atoms with van der Waals surface area (Å²) >= 11 is 0. The third-order valence-corrected chi connectivity index (χ3v) is 1.79. The monoisotopic (exact) mass is 199 g/mol. The van der Waals surface area contributed by atoms with E-state index in [1.54, 1.807) is 18.5 Å². The first-order valence-electron chi connectivity index (χ1n) is 4.49. The Morgan fingerprint density at radius 1 is 1.27 bits per heavy atom. The van der Waals surface area contributed by atoms with E-state index in [0.717, 1.165) is 0 Å². The van der Waals surface area contributed by atoms with Crippen LogP contribution < -0.4 is 0 Å². The van der Waals surface area contributed by atoms with Gasteiger partial charge in [0.15, 0.2) is 11.7 Å². The molecule has 15 heavy (non-hydrogen) atoms. The van der Waals surface area contributed by atoms with E-state index in [9.17, 15) is 0 Å². The molecule has 5 nitrogen and oxygen atoms in total. The maximum Gasteiger partial charge on any atom is 0.195 e. The second kappa shape index (κ2) is 4.36. The lowest BCUT2D eigenvalue weighted by Crippen LogP contribution is -2.10.